The van der Waals surface area contributed by atoms with Crippen molar-refractivity contribution >= 4 is 32.9 Å². The third-order valence-corrected chi connectivity index (χ3v) is 6.69. The Morgan fingerprint density at radius 1 is 0.967 bits per heavy atom. The zero-order valence-corrected chi connectivity index (χ0v) is 17.7. The molecule has 148 valence electrons. The largest absolute Gasteiger partial charge is 0.497 e. The molecule has 3 heterocycles. The first-order valence-electron chi connectivity index (χ1n) is 9.34. The van der Waals surface area contributed by atoms with Crippen LogP contribution in [0.2, 0.25) is 0 Å². The molecule has 0 spiro atoms. The summed E-state index contributed by atoms with van der Waals surface area (Å²) in [7, 11) is 1.65. The lowest BCUT2D eigenvalue weighted by atomic mass is 10.1. The van der Waals surface area contributed by atoms with Crippen molar-refractivity contribution in [3.05, 3.63) is 87.7 Å². The van der Waals surface area contributed by atoms with Gasteiger partial charge in [-0.05, 0) is 29.8 Å². The van der Waals surface area contributed by atoms with Crippen molar-refractivity contribution in [1.29, 1.82) is 0 Å². The Hall–Kier alpha value is -3.29. The summed E-state index contributed by atoms with van der Waals surface area (Å²) in [6.45, 7) is 0.387. The number of hydrogen-bond acceptors (Lipinski definition) is 6. The van der Waals surface area contributed by atoms with Crippen molar-refractivity contribution in [1.82, 2.24) is 14.5 Å². The molecule has 30 heavy (non-hydrogen) atoms. The van der Waals surface area contributed by atoms with E-state index in [0.29, 0.717) is 11.9 Å². The molecule has 0 saturated carbocycles. The van der Waals surface area contributed by atoms with Gasteiger partial charge in [-0.1, -0.05) is 30.3 Å². The highest BCUT2D eigenvalue weighted by Gasteiger charge is 2.14. The fourth-order valence-corrected chi connectivity index (χ4v) is 5.05. The summed E-state index contributed by atoms with van der Waals surface area (Å²) in [5, 5.41) is 5.57. The van der Waals surface area contributed by atoms with E-state index in [1.165, 1.54) is 11.3 Å². The van der Waals surface area contributed by atoms with Crippen LogP contribution in [-0.4, -0.2) is 21.6 Å². The maximum Gasteiger partial charge on any atom is 0.263 e. The minimum Gasteiger partial charge on any atom is -0.497 e. The van der Waals surface area contributed by atoms with Crippen LogP contribution in [0.5, 0.6) is 5.75 Å². The minimum atomic E-state index is -0.0425. The molecule has 0 N–H and O–H groups in total. The Kier molecular flexibility index (Phi) is 4.90. The summed E-state index contributed by atoms with van der Waals surface area (Å²) in [6, 6.07) is 17.8. The SMILES string of the molecule is COc1ccc(-c2nc(Cn3cnc4scc(-c5ccccc5)c4c3=O)cs2)cc1. The first kappa shape index (κ1) is 18.7. The summed E-state index contributed by atoms with van der Waals surface area (Å²) in [6.07, 6.45) is 1.61. The molecule has 0 fully saturated rings. The van der Waals surface area contributed by atoms with Crippen molar-refractivity contribution in [3.8, 4) is 27.4 Å². The second-order valence-electron chi connectivity index (χ2n) is 6.75. The lowest BCUT2D eigenvalue weighted by Gasteiger charge is -2.05. The monoisotopic (exact) mass is 431 g/mol. The van der Waals surface area contributed by atoms with E-state index in [1.807, 2.05) is 65.4 Å². The van der Waals surface area contributed by atoms with Crippen molar-refractivity contribution in [3.63, 3.8) is 0 Å². The molecule has 5 aromatic rings. The fraction of sp³-hybridized carbons (Fsp3) is 0.0870. The average Bonchev–Trinajstić information content (AvgIpc) is 3.44. The molecule has 5 rings (SSSR count). The Morgan fingerprint density at radius 3 is 2.53 bits per heavy atom. The molecule has 0 aliphatic heterocycles. The molecule has 0 aliphatic carbocycles. The Balaban J connectivity index is 1.48. The minimum absolute atomic E-state index is 0.0425. The van der Waals surface area contributed by atoms with Crippen LogP contribution < -0.4 is 10.3 Å². The van der Waals surface area contributed by atoms with Crippen LogP contribution in [0.3, 0.4) is 0 Å². The second kappa shape index (κ2) is 7.85. The molecule has 0 atom stereocenters. The molecule has 7 heteroatoms. The topological polar surface area (TPSA) is 57.0 Å². The Morgan fingerprint density at radius 2 is 1.77 bits per heavy atom. The highest BCUT2D eigenvalue weighted by atomic mass is 32.1. The molecular weight excluding hydrogens is 414 g/mol. The van der Waals surface area contributed by atoms with Gasteiger partial charge in [0.15, 0.2) is 0 Å². The van der Waals surface area contributed by atoms with E-state index in [2.05, 4.69) is 4.98 Å². The van der Waals surface area contributed by atoms with E-state index in [4.69, 9.17) is 9.72 Å². The van der Waals surface area contributed by atoms with E-state index in [1.54, 1.807) is 29.3 Å². The first-order chi connectivity index (χ1) is 14.7. The average molecular weight is 432 g/mol. The predicted molar refractivity (Wildman–Crippen MR) is 123 cm³/mol. The van der Waals surface area contributed by atoms with Gasteiger partial charge in [-0.2, -0.15) is 0 Å². The van der Waals surface area contributed by atoms with Crippen LogP contribution in [0.15, 0.2) is 76.5 Å². The van der Waals surface area contributed by atoms with Crippen molar-refractivity contribution in [2.45, 2.75) is 6.54 Å². The third-order valence-electron chi connectivity index (χ3n) is 4.87. The summed E-state index contributed by atoms with van der Waals surface area (Å²) in [5.41, 5.74) is 3.78. The standard InChI is InChI=1S/C23H17N3O2S2/c1-28-18-9-7-16(8-10-18)21-25-17(12-29-21)11-26-14-24-22-20(23(26)27)19(13-30-22)15-5-3-2-4-6-15/h2-10,12-14H,11H2,1H3. The number of benzene rings is 2. The van der Waals surface area contributed by atoms with Gasteiger partial charge < -0.3 is 4.74 Å². The van der Waals surface area contributed by atoms with Gasteiger partial charge in [-0.3, -0.25) is 9.36 Å². The van der Waals surface area contributed by atoms with E-state index in [0.717, 1.165) is 38.0 Å². The maximum atomic E-state index is 13.2. The van der Waals surface area contributed by atoms with Gasteiger partial charge in [0, 0.05) is 21.9 Å². The summed E-state index contributed by atoms with van der Waals surface area (Å²) in [5.74, 6) is 0.812. The lowest BCUT2D eigenvalue weighted by molar-refractivity contribution is 0.415. The molecule has 3 aromatic heterocycles. The van der Waals surface area contributed by atoms with Crippen LogP contribution in [0.1, 0.15) is 5.69 Å². The van der Waals surface area contributed by atoms with E-state index in [-0.39, 0.29) is 5.56 Å². The van der Waals surface area contributed by atoms with Gasteiger partial charge in [-0.25, -0.2) is 9.97 Å². The number of ether oxygens (including phenoxy) is 1. The number of nitrogens with zero attached hydrogens (tertiary/aromatic N) is 3. The molecule has 0 aliphatic rings. The van der Waals surface area contributed by atoms with Crippen LogP contribution in [0.4, 0.5) is 0 Å². The Labute approximate surface area is 180 Å². The van der Waals surface area contributed by atoms with Gasteiger partial charge in [0.05, 0.1) is 31.1 Å². The summed E-state index contributed by atoms with van der Waals surface area (Å²) in [4.78, 5) is 23.2. The third kappa shape index (κ3) is 3.42. The zero-order chi connectivity index (χ0) is 20.5. The Bertz CT molecular complexity index is 1370. The van der Waals surface area contributed by atoms with Gasteiger partial charge in [0.2, 0.25) is 0 Å². The summed E-state index contributed by atoms with van der Waals surface area (Å²) >= 11 is 3.05. The fourth-order valence-electron chi connectivity index (χ4n) is 3.33. The van der Waals surface area contributed by atoms with Gasteiger partial charge in [0.25, 0.3) is 5.56 Å². The molecule has 0 radical (unpaired) electrons. The number of rotatable bonds is 5. The number of thiazole rings is 1. The predicted octanol–water partition coefficient (Wildman–Crippen LogP) is 5.31. The molecule has 0 saturated heterocycles. The van der Waals surface area contributed by atoms with E-state index < -0.39 is 0 Å². The quantitative estimate of drug-likeness (QED) is 0.379. The highest BCUT2D eigenvalue weighted by molar-refractivity contribution is 7.17. The van der Waals surface area contributed by atoms with E-state index in [9.17, 15) is 4.79 Å². The second-order valence-corrected chi connectivity index (χ2v) is 8.46. The van der Waals surface area contributed by atoms with Crippen LogP contribution in [0.25, 0.3) is 31.9 Å². The van der Waals surface area contributed by atoms with Gasteiger partial charge in [0.1, 0.15) is 15.6 Å². The highest BCUT2D eigenvalue weighted by Crippen LogP contribution is 2.30. The van der Waals surface area contributed by atoms with E-state index >= 15 is 0 Å². The smallest absolute Gasteiger partial charge is 0.263 e. The van der Waals surface area contributed by atoms with Crippen molar-refractivity contribution in [2.24, 2.45) is 0 Å². The zero-order valence-electron chi connectivity index (χ0n) is 16.1. The number of hydrogen-bond donors (Lipinski definition) is 0. The van der Waals surface area contributed by atoms with Crippen LogP contribution >= 0.6 is 22.7 Å². The maximum absolute atomic E-state index is 13.2. The molecular formula is C23H17N3O2S2. The molecule has 0 amide bonds. The molecule has 0 bridgehead atoms. The normalized spacial score (nSPS) is 11.1. The van der Waals surface area contributed by atoms with Gasteiger partial charge >= 0.3 is 0 Å². The van der Waals surface area contributed by atoms with Crippen molar-refractivity contribution in [2.75, 3.05) is 7.11 Å². The van der Waals surface area contributed by atoms with Gasteiger partial charge in [-0.15, -0.1) is 22.7 Å². The number of methoxy groups -OCH3 is 1. The van der Waals surface area contributed by atoms with Crippen LogP contribution in [-0.2, 0) is 6.54 Å². The number of fused-ring (bicyclic) bond motifs is 1. The summed E-state index contributed by atoms with van der Waals surface area (Å²) < 4.78 is 6.84. The lowest BCUT2D eigenvalue weighted by Crippen LogP contribution is -2.21. The van der Waals surface area contributed by atoms with Crippen LogP contribution in [0, 0.1) is 0 Å². The number of thiophene rings is 1. The van der Waals surface area contributed by atoms with Crippen molar-refractivity contribution < 1.29 is 4.74 Å². The molecule has 2 aromatic carbocycles. The number of aromatic nitrogens is 3. The molecule has 5 nitrogen and oxygen atoms in total. The molecule has 0 unspecified atom stereocenters. The first-order valence-corrected chi connectivity index (χ1v) is 11.1.